The Labute approximate surface area is 157 Å². The highest BCUT2D eigenvalue weighted by Crippen LogP contribution is 2.16. The second kappa shape index (κ2) is 8.68. The van der Waals surface area contributed by atoms with Crippen molar-refractivity contribution in [1.82, 2.24) is 25.1 Å². The Kier molecular flexibility index (Phi) is 6.08. The van der Waals surface area contributed by atoms with Crippen LogP contribution in [0.2, 0.25) is 0 Å². The Morgan fingerprint density at radius 2 is 2.26 bits per heavy atom. The highest BCUT2D eigenvalue weighted by atomic mass is 19.1. The van der Waals surface area contributed by atoms with Crippen LogP contribution in [0.5, 0.6) is 0 Å². The molecule has 1 aromatic carbocycles. The van der Waals surface area contributed by atoms with Gasteiger partial charge >= 0.3 is 0 Å². The first kappa shape index (κ1) is 18.9. The van der Waals surface area contributed by atoms with Crippen molar-refractivity contribution in [3.8, 4) is 0 Å². The third-order valence-corrected chi connectivity index (χ3v) is 4.53. The minimum absolute atomic E-state index is 0.0535. The lowest BCUT2D eigenvalue weighted by Crippen LogP contribution is -2.56. The minimum atomic E-state index is -0.584. The Morgan fingerprint density at radius 3 is 3.00 bits per heavy atom. The first-order valence-corrected chi connectivity index (χ1v) is 8.78. The van der Waals surface area contributed by atoms with Crippen LogP contribution < -0.4 is 5.32 Å². The maximum absolute atomic E-state index is 13.4. The first-order valence-electron chi connectivity index (χ1n) is 8.78. The van der Waals surface area contributed by atoms with Gasteiger partial charge in [-0.15, -0.1) is 0 Å². The normalized spacial score (nSPS) is 17.4. The number of carbonyl (C=O) groups excluding carboxylic acids is 2. The molecule has 0 radical (unpaired) electrons. The average molecular weight is 371 g/mol. The van der Waals surface area contributed by atoms with Crippen molar-refractivity contribution in [3.05, 3.63) is 59.9 Å². The third-order valence-electron chi connectivity index (χ3n) is 4.53. The van der Waals surface area contributed by atoms with E-state index in [-0.39, 0.29) is 24.1 Å². The molecule has 1 atom stereocenters. The van der Waals surface area contributed by atoms with Crippen LogP contribution in [-0.4, -0.2) is 57.8 Å². The molecule has 1 aromatic heterocycles. The maximum Gasteiger partial charge on any atom is 0.237 e. The summed E-state index contributed by atoms with van der Waals surface area (Å²) in [6.07, 6.45) is 4.80. The number of hydrogen-bond donors (Lipinski definition) is 1. The van der Waals surface area contributed by atoms with Gasteiger partial charge in [-0.2, -0.15) is 0 Å². The molecule has 2 amide bonds. The summed E-state index contributed by atoms with van der Waals surface area (Å²) in [4.78, 5) is 36.6. The molecule has 7 nitrogen and oxygen atoms in total. The Bertz CT molecular complexity index is 802. The van der Waals surface area contributed by atoms with Gasteiger partial charge in [-0.05, 0) is 17.7 Å². The molecule has 0 bridgehead atoms. The van der Waals surface area contributed by atoms with Crippen LogP contribution in [0.3, 0.4) is 0 Å². The molecule has 3 rings (SSSR count). The van der Waals surface area contributed by atoms with E-state index in [9.17, 15) is 14.0 Å². The maximum atomic E-state index is 13.4. The number of rotatable bonds is 6. The van der Waals surface area contributed by atoms with Gasteiger partial charge in [0.2, 0.25) is 11.8 Å². The van der Waals surface area contributed by atoms with E-state index < -0.39 is 6.04 Å². The van der Waals surface area contributed by atoms with E-state index in [1.165, 1.54) is 17.0 Å². The lowest BCUT2D eigenvalue weighted by atomic mass is 10.1. The second-order valence-electron chi connectivity index (χ2n) is 6.56. The van der Waals surface area contributed by atoms with Gasteiger partial charge in [0.15, 0.2) is 0 Å². The van der Waals surface area contributed by atoms with Gasteiger partial charge in [0.05, 0.1) is 30.9 Å². The number of halogens is 1. The average Bonchev–Trinajstić information content (AvgIpc) is 2.65. The fraction of sp³-hybridized carbons (Fsp3) is 0.368. The number of aromatic nitrogens is 2. The van der Waals surface area contributed by atoms with Gasteiger partial charge in [0.1, 0.15) is 5.82 Å². The molecule has 27 heavy (non-hydrogen) atoms. The molecule has 0 saturated carbocycles. The number of nitrogens with one attached hydrogen (secondary N) is 1. The van der Waals surface area contributed by atoms with Crippen LogP contribution in [0.4, 0.5) is 4.39 Å². The predicted octanol–water partition coefficient (Wildman–Crippen LogP) is 0.965. The van der Waals surface area contributed by atoms with Crippen molar-refractivity contribution in [3.63, 3.8) is 0 Å². The van der Waals surface area contributed by atoms with E-state index in [1.807, 2.05) is 11.0 Å². The van der Waals surface area contributed by atoms with Gasteiger partial charge < -0.3 is 10.2 Å². The quantitative estimate of drug-likeness (QED) is 0.819. The van der Waals surface area contributed by atoms with Gasteiger partial charge in [0, 0.05) is 39.1 Å². The molecule has 2 heterocycles. The highest BCUT2D eigenvalue weighted by molar-refractivity contribution is 5.88. The monoisotopic (exact) mass is 371 g/mol. The molecule has 1 saturated heterocycles. The lowest BCUT2D eigenvalue weighted by molar-refractivity contribution is -0.138. The zero-order valence-electron chi connectivity index (χ0n) is 15.1. The number of amides is 2. The van der Waals surface area contributed by atoms with Crippen molar-refractivity contribution in [1.29, 1.82) is 0 Å². The van der Waals surface area contributed by atoms with Crippen molar-refractivity contribution in [2.24, 2.45) is 0 Å². The van der Waals surface area contributed by atoms with Crippen molar-refractivity contribution in [2.75, 3.05) is 20.1 Å². The van der Waals surface area contributed by atoms with Gasteiger partial charge in [-0.3, -0.25) is 24.5 Å². The first-order chi connectivity index (χ1) is 13.0. The predicted molar refractivity (Wildman–Crippen MR) is 96.7 cm³/mol. The zero-order valence-corrected chi connectivity index (χ0v) is 15.1. The molecule has 2 aromatic rings. The fourth-order valence-corrected chi connectivity index (χ4v) is 3.11. The SMILES string of the molecule is CN(Cc1cnccn1)C(=O)C[C@H]1C(=O)NCCN1Cc1cccc(F)c1. The molecule has 1 N–H and O–H groups in total. The van der Waals surface area contributed by atoms with Crippen molar-refractivity contribution in [2.45, 2.75) is 25.6 Å². The molecular weight excluding hydrogens is 349 g/mol. The number of benzene rings is 1. The van der Waals surface area contributed by atoms with Crippen LogP contribution >= 0.6 is 0 Å². The Balaban J connectivity index is 1.65. The summed E-state index contributed by atoms with van der Waals surface area (Å²) in [5.74, 6) is -0.656. The largest absolute Gasteiger partial charge is 0.353 e. The zero-order chi connectivity index (χ0) is 19.2. The summed E-state index contributed by atoms with van der Waals surface area (Å²) < 4.78 is 13.4. The highest BCUT2D eigenvalue weighted by Gasteiger charge is 2.32. The number of hydrogen-bond acceptors (Lipinski definition) is 5. The van der Waals surface area contributed by atoms with Gasteiger partial charge in [-0.1, -0.05) is 12.1 Å². The van der Waals surface area contributed by atoms with Gasteiger partial charge in [0.25, 0.3) is 0 Å². The van der Waals surface area contributed by atoms with Crippen LogP contribution in [0, 0.1) is 5.82 Å². The Hall–Kier alpha value is -2.87. The summed E-state index contributed by atoms with van der Waals surface area (Å²) in [6, 6.07) is 5.71. The Morgan fingerprint density at radius 1 is 1.41 bits per heavy atom. The van der Waals surface area contributed by atoms with Gasteiger partial charge in [-0.25, -0.2) is 4.39 Å². The van der Waals surface area contributed by atoms with Crippen LogP contribution in [-0.2, 0) is 22.7 Å². The molecule has 1 aliphatic heterocycles. The van der Waals surface area contributed by atoms with E-state index in [1.54, 1.807) is 31.7 Å². The number of piperazine rings is 1. The van der Waals surface area contributed by atoms with E-state index in [2.05, 4.69) is 15.3 Å². The number of nitrogens with zero attached hydrogens (tertiary/aromatic N) is 4. The van der Waals surface area contributed by atoms with Crippen LogP contribution in [0.1, 0.15) is 17.7 Å². The van der Waals surface area contributed by atoms with Crippen molar-refractivity contribution >= 4 is 11.8 Å². The molecule has 1 aliphatic rings. The lowest BCUT2D eigenvalue weighted by Gasteiger charge is -2.35. The third kappa shape index (κ3) is 5.07. The summed E-state index contributed by atoms with van der Waals surface area (Å²) in [5, 5.41) is 2.81. The number of carbonyl (C=O) groups is 2. The van der Waals surface area contributed by atoms with E-state index in [0.717, 1.165) is 5.56 Å². The molecule has 0 unspecified atom stereocenters. The standard InChI is InChI=1S/C19H22FN5O2/c1-24(13-16-11-21-5-6-22-16)18(26)10-17-19(27)23-7-8-25(17)12-14-3-2-4-15(20)9-14/h2-6,9,11,17H,7-8,10,12-13H2,1H3,(H,23,27)/t17-/m0/s1. The van der Waals surface area contributed by atoms with E-state index in [0.29, 0.717) is 31.9 Å². The smallest absolute Gasteiger partial charge is 0.237 e. The van der Waals surface area contributed by atoms with Crippen LogP contribution in [0.25, 0.3) is 0 Å². The minimum Gasteiger partial charge on any atom is -0.353 e. The summed E-state index contributed by atoms with van der Waals surface area (Å²) in [5.41, 5.74) is 1.45. The molecule has 0 spiro atoms. The fourth-order valence-electron chi connectivity index (χ4n) is 3.11. The summed E-state index contributed by atoms with van der Waals surface area (Å²) in [6.45, 7) is 1.85. The second-order valence-corrected chi connectivity index (χ2v) is 6.56. The van der Waals surface area contributed by atoms with Crippen molar-refractivity contribution < 1.29 is 14.0 Å². The molecule has 142 valence electrons. The van der Waals surface area contributed by atoms with Crippen LogP contribution in [0.15, 0.2) is 42.9 Å². The molecule has 0 aliphatic carbocycles. The van der Waals surface area contributed by atoms with E-state index in [4.69, 9.17) is 0 Å². The topological polar surface area (TPSA) is 78.4 Å². The molecular formula is C19H22FN5O2. The summed E-state index contributed by atoms with van der Waals surface area (Å²) >= 11 is 0. The molecule has 8 heteroatoms. The summed E-state index contributed by atoms with van der Waals surface area (Å²) in [7, 11) is 1.68. The molecule has 1 fully saturated rings. The van der Waals surface area contributed by atoms with E-state index >= 15 is 0 Å².